The third-order valence-electron chi connectivity index (χ3n) is 4.59. The van der Waals surface area contributed by atoms with Crippen LogP contribution < -0.4 is 5.32 Å². The highest BCUT2D eigenvalue weighted by molar-refractivity contribution is 9.10. The van der Waals surface area contributed by atoms with Gasteiger partial charge in [-0.25, -0.2) is 4.98 Å². The van der Waals surface area contributed by atoms with Gasteiger partial charge in [-0.2, -0.15) is 0 Å². The van der Waals surface area contributed by atoms with Crippen molar-refractivity contribution >= 4 is 50.4 Å². The average Bonchev–Trinajstić information content (AvgIpc) is 3.01. The van der Waals surface area contributed by atoms with Gasteiger partial charge >= 0.3 is 0 Å². The maximum Gasteiger partial charge on any atom is 0.259 e. The van der Waals surface area contributed by atoms with E-state index in [0.29, 0.717) is 16.5 Å². The third kappa shape index (κ3) is 4.51. The van der Waals surface area contributed by atoms with Crippen LogP contribution in [-0.2, 0) is 6.54 Å². The largest absolute Gasteiger partial charge is 0.309 e. The number of rotatable bonds is 7. The lowest BCUT2D eigenvalue weighted by Gasteiger charge is -2.19. The van der Waals surface area contributed by atoms with E-state index in [1.807, 2.05) is 24.3 Å². The molecule has 1 heterocycles. The quantitative estimate of drug-likeness (QED) is 0.549. The molecule has 0 saturated heterocycles. The first-order valence-electron chi connectivity index (χ1n) is 8.97. The molecule has 0 unspecified atom stereocenters. The number of nitrogens with one attached hydrogen (secondary N) is 1. The second kappa shape index (κ2) is 8.87. The van der Waals surface area contributed by atoms with Crippen molar-refractivity contribution in [3.8, 4) is 0 Å². The van der Waals surface area contributed by atoms with Crippen LogP contribution in [0.3, 0.4) is 0 Å². The van der Waals surface area contributed by atoms with Gasteiger partial charge in [0.15, 0.2) is 0 Å². The van der Waals surface area contributed by atoms with Crippen LogP contribution in [0, 0.1) is 0 Å². The molecule has 1 aromatic heterocycles. The lowest BCUT2D eigenvalue weighted by atomic mass is 10.2. The number of para-hydroxylation sites is 2. The van der Waals surface area contributed by atoms with Crippen molar-refractivity contribution in [1.82, 2.24) is 14.5 Å². The number of imidazole rings is 1. The molecule has 2 aromatic carbocycles. The monoisotopic (exact) mass is 448 g/mol. The highest BCUT2D eigenvalue weighted by atomic mass is 79.9. The second-order valence-electron chi connectivity index (χ2n) is 6.18. The lowest BCUT2D eigenvalue weighted by Crippen LogP contribution is -2.27. The van der Waals surface area contributed by atoms with Crippen LogP contribution in [-0.4, -0.2) is 40.0 Å². The Labute approximate surface area is 172 Å². The number of halogens is 2. The number of hydrogen-bond donors (Lipinski definition) is 1. The van der Waals surface area contributed by atoms with E-state index in [0.717, 1.165) is 41.7 Å². The van der Waals surface area contributed by atoms with Gasteiger partial charge in [-0.05, 0) is 43.4 Å². The number of amides is 1. The number of hydrogen-bond acceptors (Lipinski definition) is 3. The Morgan fingerprint density at radius 3 is 2.70 bits per heavy atom. The zero-order chi connectivity index (χ0) is 19.4. The van der Waals surface area contributed by atoms with Crippen molar-refractivity contribution < 1.29 is 4.79 Å². The minimum absolute atomic E-state index is 0.277. The van der Waals surface area contributed by atoms with Crippen LogP contribution in [0.25, 0.3) is 11.0 Å². The fraction of sp³-hybridized carbons (Fsp3) is 0.300. The van der Waals surface area contributed by atoms with E-state index >= 15 is 0 Å². The molecule has 0 atom stereocenters. The highest BCUT2D eigenvalue weighted by Crippen LogP contribution is 2.24. The van der Waals surface area contributed by atoms with Crippen LogP contribution >= 0.6 is 27.5 Å². The topological polar surface area (TPSA) is 50.2 Å². The standard InChI is InChI=1S/C20H22BrClN4O/c1-3-25(4-2)11-12-26-18-8-6-5-7-17(18)23-20(26)24-19(27)15-13-14(21)9-10-16(15)22/h5-10,13H,3-4,11-12H2,1-2H3,(H,23,24,27). The van der Waals surface area contributed by atoms with Gasteiger partial charge in [0.05, 0.1) is 21.6 Å². The molecule has 3 rings (SSSR count). The zero-order valence-corrected chi connectivity index (χ0v) is 17.7. The summed E-state index contributed by atoms with van der Waals surface area (Å²) in [6.07, 6.45) is 0. The first-order valence-corrected chi connectivity index (χ1v) is 10.1. The fourth-order valence-electron chi connectivity index (χ4n) is 3.02. The molecule has 1 amide bonds. The minimum Gasteiger partial charge on any atom is -0.309 e. The summed E-state index contributed by atoms with van der Waals surface area (Å²) in [5, 5.41) is 3.34. The van der Waals surface area contributed by atoms with E-state index in [4.69, 9.17) is 11.6 Å². The van der Waals surface area contributed by atoms with Gasteiger partial charge in [0.1, 0.15) is 0 Å². The molecule has 0 aliphatic carbocycles. The lowest BCUT2D eigenvalue weighted by molar-refractivity contribution is 0.102. The molecule has 3 aromatic rings. The van der Waals surface area contributed by atoms with Gasteiger partial charge in [0, 0.05) is 17.6 Å². The van der Waals surface area contributed by atoms with Gasteiger partial charge in [-0.3, -0.25) is 10.1 Å². The average molecular weight is 450 g/mol. The maximum absolute atomic E-state index is 12.8. The summed E-state index contributed by atoms with van der Waals surface area (Å²) in [7, 11) is 0. The van der Waals surface area contributed by atoms with Gasteiger partial charge in [0.2, 0.25) is 5.95 Å². The summed E-state index contributed by atoms with van der Waals surface area (Å²) in [5.74, 6) is 0.255. The van der Waals surface area contributed by atoms with E-state index in [-0.39, 0.29) is 5.91 Å². The Kier molecular flexibility index (Phi) is 6.52. The van der Waals surface area contributed by atoms with Crippen LogP contribution in [0.15, 0.2) is 46.9 Å². The molecule has 0 saturated carbocycles. The normalized spacial score (nSPS) is 11.3. The Morgan fingerprint density at radius 2 is 1.96 bits per heavy atom. The molecule has 0 bridgehead atoms. The van der Waals surface area contributed by atoms with Crippen molar-refractivity contribution in [1.29, 1.82) is 0 Å². The van der Waals surface area contributed by atoms with Crippen LogP contribution in [0.1, 0.15) is 24.2 Å². The number of benzene rings is 2. The zero-order valence-electron chi connectivity index (χ0n) is 15.4. The Hall–Kier alpha value is -1.89. The van der Waals surface area contributed by atoms with Gasteiger partial charge < -0.3 is 9.47 Å². The molecule has 0 aliphatic rings. The Bertz CT molecular complexity index is 952. The predicted molar refractivity (Wildman–Crippen MR) is 115 cm³/mol. The molecule has 7 heteroatoms. The molecule has 27 heavy (non-hydrogen) atoms. The molecule has 0 spiro atoms. The summed E-state index contributed by atoms with van der Waals surface area (Å²) in [6, 6.07) is 13.1. The summed E-state index contributed by atoms with van der Waals surface area (Å²) in [4.78, 5) is 19.7. The minimum atomic E-state index is -0.277. The SMILES string of the molecule is CCN(CC)CCn1c(NC(=O)c2cc(Br)ccc2Cl)nc2ccccc21. The van der Waals surface area contributed by atoms with Crippen molar-refractivity contribution in [2.45, 2.75) is 20.4 Å². The Morgan fingerprint density at radius 1 is 1.22 bits per heavy atom. The van der Waals surface area contributed by atoms with E-state index < -0.39 is 0 Å². The first-order chi connectivity index (χ1) is 13.0. The van der Waals surface area contributed by atoms with Crippen molar-refractivity contribution in [3.63, 3.8) is 0 Å². The van der Waals surface area contributed by atoms with E-state index in [1.165, 1.54) is 0 Å². The highest BCUT2D eigenvalue weighted by Gasteiger charge is 2.17. The van der Waals surface area contributed by atoms with Crippen molar-refractivity contribution in [2.24, 2.45) is 0 Å². The van der Waals surface area contributed by atoms with Gasteiger partial charge in [0.25, 0.3) is 5.91 Å². The van der Waals surface area contributed by atoms with Crippen molar-refractivity contribution in [3.05, 3.63) is 57.5 Å². The Balaban J connectivity index is 1.92. The number of carbonyl (C=O) groups excluding carboxylic acids is 1. The van der Waals surface area contributed by atoms with E-state index in [9.17, 15) is 4.79 Å². The number of fused-ring (bicyclic) bond motifs is 1. The summed E-state index contributed by atoms with van der Waals surface area (Å²) < 4.78 is 2.85. The van der Waals surface area contributed by atoms with Crippen LogP contribution in [0.4, 0.5) is 5.95 Å². The fourth-order valence-corrected chi connectivity index (χ4v) is 3.58. The molecule has 1 N–H and O–H groups in total. The molecule has 0 aliphatic heterocycles. The maximum atomic E-state index is 12.8. The van der Waals surface area contributed by atoms with Gasteiger partial charge in [-0.1, -0.05) is 53.5 Å². The number of aromatic nitrogens is 2. The van der Waals surface area contributed by atoms with Crippen LogP contribution in [0.5, 0.6) is 0 Å². The molecule has 0 fully saturated rings. The third-order valence-corrected chi connectivity index (χ3v) is 5.41. The molecule has 5 nitrogen and oxygen atoms in total. The summed E-state index contributed by atoms with van der Waals surface area (Å²) in [5.41, 5.74) is 2.27. The summed E-state index contributed by atoms with van der Waals surface area (Å²) in [6.45, 7) is 7.88. The number of carbonyl (C=O) groups is 1. The number of likely N-dealkylation sites (N-methyl/N-ethyl adjacent to an activating group) is 1. The smallest absolute Gasteiger partial charge is 0.259 e. The van der Waals surface area contributed by atoms with Crippen molar-refractivity contribution in [2.75, 3.05) is 25.0 Å². The first kappa shape index (κ1) is 19.9. The van der Waals surface area contributed by atoms with Crippen LogP contribution in [0.2, 0.25) is 5.02 Å². The van der Waals surface area contributed by atoms with E-state index in [2.05, 4.69) is 49.5 Å². The predicted octanol–water partition coefficient (Wildman–Crippen LogP) is 5.05. The number of anilines is 1. The molecule has 0 radical (unpaired) electrons. The second-order valence-corrected chi connectivity index (χ2v) is 7.50. The van der Waals surface area contributed by atoms with E-state index in [1.54, 1.807) is 18.2 Å². The summed E-state index contributed by atoms with van der Waals surface area (Å²) >= 11 is 9.58. The molecular formula is C20H22BrClN4O. The molecular weight excluding hydrogens is 428 g/mol. The molecule has 142 valence electrons. The van der Waals surface area contributed by atoms with Gasteiger partial charge in [-0.15, -0.1) is 0 Å². The number of nitrogens with zero attached hydrogens (tertiary/aromatic N) is 3.